The number of hydrogen-bond acceptors (Lipinski definition) is 3. The van der Waals surface area contributed by atoms with Gasteiger partial charge in [-0.15, -0.1) is 11.3 Å². The molecule has 1 aromatic heterocycles. The Bertz CT molecular complexity index is 377. The normalized spacial score (nSPS) is 25.6. The average Bonchev–Trinajstić information content (AvgIpc) is 2.88. The van der Waals surface area contributed by atoms with Gasteiger partial charge in [-0.3, -0.25) is 0 Å². The fourth-order valence-electron chi connectivity index (χ4n) is 2.40. The van der Waals surface area contributed by atoms with Gasteiger partial charge in [0.25, 0.3) is 0 Å². The minimum Gasteiger partial charge on any atom is -0.378 e. The highest BCUT2D eigenvalue weighted by Crippen LogP contribution is 2.40. The molecule has 0 aromatic carbocycles. The molecule has 0 aliphatic carbocycles. The van der Waals surface area contributed by atoms with Gasteiger partial charge in [-0.1, -0.05) is 6.92 Å². The molecule has 1 fully saturated rings. The molecular weight excluding hydrogens is 378 g/mol. The van der Waals surface area contributed by atoms with Crippen LogP contribution in [0.5, 0.6) is 0 Å². The fraction of sp³-hybridized carbons (Fsp3) is 0.692. The zero-order valence-corrected chi connectivity index (χ0v) is 14.7. The van der Waals surface area contributed by atoms with Gasteiger partial charge in [-0.25, -0.2) is 0 Å². The van der Waals surface area contributed by atoms with Crippen LogP contribution in [0.3, 0.4) is 0 Å². The molecule has 102 valence electrons. The molecule has 5 heteroatoms. The van der Waals surface area contributed by atoms with E-state index in [9.17, 15) is 0 Å². The molecule has 2 nitrogen and oxygen atoms in total. The van der Waals surface area contributed by atoms with Crippen molar-refractivity contribution in [3.8, 4) is 0 Å². The van der Waals surface area contributed by atoms with Crippen molar-refractivity contribution in [1.29, 1.82) is 0 Å². The van der Waals surface area contributed by atoms with Crippen molar-refractivity contribution in [3.63, 3.8) is 0 Å². The van der Waals surface area contributed by atoms with Crippen molar-refractivity contribution < 1.29 is 4.74 Å². The quantitative estimate of drug-likeness (QED) is 0.775. The highest BCUT2D eigenvalue weighted by Gasteiger charge is 2.31. The van der Waals surface area contributed by atoms with Crippen LogP contribution in [0.4, 0.5) is 0 Å². The zero-order chi connectivity index (χ0) is 13.1. The van der Waals surface area contributed by atoms with Gasteiger partial charge in [-0.05, 0) is 64.2 Å². The maximum atomic E-state index is 5.73. The van der Waals surface area contributed by atoms with Crippen LogP contribution in [0.2, 0.25) is 0 Å². The van der Waals surface area contributed by atoms with Crippen molar-refractivity contribution in [2.24, 2.45) is 5.92 Å². The predicted octanol–water partition coefficient (Wildman–Crippen LogP) is 4.74. The topological polar surface area (TPSA) is 21.3 Å². The molecule has 3 unspecified atom stereocenters. The van der Waals surface area contributed by atoms with Crippen LogP contribution >= 0.6 is 43.2 Å². The Balaban J connectivity index is 2.13. The maximum Gasteiger partial charge on any atom is 0.0843 e. The lowest BCUT2D eigenvalue weighted by molar-refractivity contribution is 0.117. The van der Waals surface area contributed by atoms with Gasteiger partial charge in [0.15, 0.2) is 0 Å². The van der Waals surface area contributed by atoms with Crippen LogP contribution in [0.15, 0.2) is 14.3 Å². The van der Waals surface area contributed by atoms with E-state index in [-0.39, 0.29) is 0 Å². The van der Waals surface area contributed by atoms with Gasteiger partial charge in [0, 0.05) is 21.3 Å². The second-order valence-electron chi connectivity index (χ2n) is 4.84. The second-order valence-corrected chi connectivity index (χ2v) is 8.10. The van der Waals surface area contributed by atoms with Crippen molar-refractivity contribution >= 4 is 43.2 Å². The van der Waals surface area contributed by atoms with Crippen LogP contribution in [0.1, 0.15) is 37.6 Å². The summed E-state index contributed by atoms with van der Waals surface area (Å²) in [7, 11) is 0. The molecule has 1 N–H and O–H groups in total. The SMILES string of the molecule is CCCNC(c1cc(Br)c(Br)s1)C1COC(C)C1. The van der Waals surface area contributed by atoms with Gasteiger partial charge >= 0.3 is 0 Å². The maximum absolute atomic E-state index is 5.73. The number of ether oxygens (including phenoxy) is 1. The van der Waals surface area contributed by atoms with Crippen LogP contribution < -0.4 is 5.32 Å². The molecule has 3 atom stereocenters. The summed E-state index contributed by atoms with van der Waals surface area (Å²) < 4.78 is 8.05. The molecule has 1 aliphatic rings. The lowest BCUT2D eigenvalue weighted by Crippen LogP contribution is -2.28. The zero-order valence-electron chi connectivity index (χ0n) is 10.7. The minimum absolute atomic E-state index is 0.396. The molecule has 0 saturated carbocycles. The van der Waals surface area contributed by atoms with E-state index in [4.69, 9.17) is 4.74 Å². The van der Waals surface area contributed by atoms with Gasteiger partial charge in [0.05, 0.1) is 16.5 Å². The Morgan fingerprint density at radius 3 is 2.83 bits per heavy atom. The Morgan fingerprint density at radius 2 is 2.33 bits per heavy atom. The summed E-state index contributed by atoms with van der Waals surface area (Å²) >= 11 is 8.98. The standard InChI is InChI=1S/C13H19Br2NOS/c1-3-4-16-12(9-5-8(2)17-7-9)11-6-10(14)13(15)18-11/h6,8-9,12,16H,3-5,7H2,1-2H3. The molecule has 18 heavy (non-hydrogen) atoms. The van der Waals surface area contributed by atoms with Crippen LogP contribution in [-0.2, 0) is 4.74 Å². The first-order valence-electron chi connectivity index (χ1n) is 6.41. The highest BCUT2D eigenvalue weighted by atomic mass is 79.9. The van der Waals surface area contributed by atoms with Gasteiger partial charge in [0.2, 0.25) is 0 Å². The van der Waals surface area contributed by atoms with Crippen LogP contribution in [-0.4, -0.2) is 19.3 Å². The average molecular weight is 397 g/mol. The number of nitrogens with one attached hydrogen (secondary N) is 1. The van der Waals surface area contributed by atoms with E-state index in [1.54, 1.807) is 0 Å². The first-order chi connectivity index (χ1) is 8.61. The fourth-order valence-corrected chi connectivity index (χ4v) is 4.66. The van der Waals surface area contributed by atoms with Gasteiger partial charge in [0.1, 0.15) is 0 Å². The van der Waals surface area contributed by atoms with Crippen LogP contribution in [0.25, 0.3) is 0 Å². The first-order valence-corrected chi connectivity index (χ1v) is 8.81. The van der Waals surface area contributed by atoms with E-state index < -0.39 is 0 Å². The van der Waals surface area contributed by atoms with E-state index >= 15 is 0 Å². The molecule has 2 rings (SSSR count). The molecule has 1 aliphatic heterocycles. The Kier molecular flexibility index (Phi) is 5.69. The highest BCUT2D eigenvalue weighted by molar-refractivity contribution is 9.13. The molecule has 2 heterocycles. The summed E-state index contributed by atoms with van der Waals surface area (Å²) in [5.41, 5.74) is 0. The summed E-state index contributed by atoms with van der Waals surface area (Å²) in [5, 5.41) is 3.68. The Morgan fingerprint density at radius 1 is 1.56 bits per heavy atom. The Hall–Kier alpha value is 0.580. The van der Waals surface area contributed by atoms with Crippen molar-refractivity contribution in [3.05, 3.63) is 19.2 Å². The third kappa shape index (κ3) is 3.57. The summed E-state index contributed by atoms with van der Waals surface area (Å²) in [4.78, 5) is 1.39. The smallest absolute Gasteiger partial charge is 0.0843 e. The van der Waals surface area contributed by atoms with Gasteiger partial charge < -0.3 is 10.1 Å². The molecule has 1 saturated heterocycles. The summed E-state index contributed by atoms with van der Waals surface area (Å²) in [5.74, 6) is 0.587. The molecular formula is C13H19Br2NOS. The van der Waals surface area contributed by atoms with Crippen LogP contribution in [0, 0.1) is 5.92 Å². The summed E-state index contributed by atoms with van der Waals surface area (Å²) in [6.07, 6.45) is 2.70. The van der Waals surface area contributed by atoms with E-state index in [1.165, 1.54) is 8.66 Å². The van der Waals surface area contributed by atoms with E-state index in [1.807, 2.05) is 11.3 Å². The molecule has 0 amide bonds. The Labute approximate surface area is 130 Å². The van der Waals surface area contributed by atoms with Crippen molar-refractivity contribution in [2.75, 3.05) is 13.2 Å². The summed E-state index contributed by atoms with van der Waals surface area (Å²) in [6, 6.07) is 2.65. The van der Waals surface area contributed by atoms with E-state index in [0.29, 0.717) is 18.1 Å². The van der Waals surface area contributed by atoms with Gasteiger partial charge in [-0.2, -0.15) is 0 Å². The van der Waals surface area contributed by atoms with E-state index in [2.05, 4.69) is 57.1 Å². The summed E-state index contributed by atoms with van der Waals surface area (Å²) in [6.45, 7) is 6.30. The predicted molar refractivity (Wildman–Crippen MR) is 84.3 cm³/mol. The molecule has 0 radical (unpaired) electrons. The third-order valence-electron chi connectivity index (χ3n) is 3.29. The number of hydrogen-bond donors (Lipinski definition) is 1. The lowest BCUT2D eigenvalue weighted by Gasteiger charge is -2.22. The molecule has 1 aromatic rings. The lowest BCUT2D eigenvalue weighted by atomic mass is 9.95. The number of halogens is 2. The van der Waals surface area contributed by atoms with Crippen molar-refractivity contribution in [2.45, 2.75) is 38.8 Å². The van der Waals surface area contributed by atoms with Crippen molar-refractivity contribution in [1.82, 2.24) is 5.32 Å². The largest absolute Gasteiger partial charge is 0.378 e. The minimum atomic E-state index is 0.396. The second kappa shape index (κ2) is 6.84. The third-order valence-corrected chi connectivity index (χ3v) is 6.63. The molecule has 0 bridgehead atoms. The van der Waals surface area contributed by atoms with E-state index in [0.717, 1.165) is 30.5 Å². The number of rotatable bonds is 5. The number of thiophene rings is 1. The monoisotopic (exact) mass is 395 g/mol. The molecule has 0 spiro atoms. The first kappa shape index (κ1) is 15.0.